The van der Waals surface area contributed by atoms with Crippen molar-refractivity contribution in [2.45, 2.75) is 25.7 Å². The molecule has 0 spiro atoms. The van der Waals surface area contributed by atoms with Crippen molar-refractivity contribution >= 4 is 34.7 Å². The summed E-state index contributed by atoms with van der Waals surface area (Å²) in [5.41, 5.74) is 2.80. The number of carbonyl (C=O) groups excluding carboxylic acids is 1. The number of ether oxygens (including phenoxy) is 1. The Hall–Kier alpha value is -3.06. The van der Waals surface area contributed by atoms with Crippen LogP contribution < -0.4 is 0 Å². The summed E-state index contributed by atoms with van der Waals surface area (Å²) in [6, 6.07) is 13.8. The first kappa shape index (κ1) is 20.7. The standard InChI is InChI=1S/C21H20ClN3O4/c1-13-19(21(26)29-2)20(15-6-4-8-17(12-15)25(27)28)18(24-23-13)10-9-14-5-3-7-16(22)11-14/h3-8,11-12,19-20H,9-10H2,1-2H3. The summed E-state index contributed by atoms with van der Waals surface area (Å²) in [4.78, 5) is 23.3. The van der Waals surface area contributed by atoms with E-state index in [1.54, 1.807) is 25.1 Å². The van der Waals surface area contributed by atoms with Crippen LogP contribution in [0, 0.1) is 16.0 Å². The molecule has 2 unspecified atom stereocenters. The largest absolute Gasteiger partial charge is 0.468 e. The van der Waals surface area contributed by atoms with Crippen molar-refractivity contribution in [1.82, 2.24) is 0 Å². The van der Waals surface area contributed by atoms with Crippen molar-refractivity contribution in [1.29, 1.82) is 0 Å². The van der Waals surface area contributed by atoms with Gasteiger partial charge in [-0.1, -0.05) is 35.9 Å². The maximum absolute atomic E-state index is 12.5. The molecule has 0 fully saturated rings. The third-order valence-corrected chi connectivity index (χ3v) is 5.17. The van der Waals surface area contributed by atoms with Gasteiger partial charge in [-0.2, -0.15) is 10.2 Å². The second-order valence-corrected chi connectivity index (χ2v) is 7.23. The number of hydrogen-bond donors (Lipinski definition) is 0. The number of carbonyl (C=O) groups is 1. The Balaban J connectivity index is 1.98. The molecule has 7 nitrogen and oxygen atoms in total. The highest BCUT2D eigenvalue weighted by atomic mass is 35.5. The SMILES string of the molecule is COC(=O)C1C(C)=NN=C(CCc2cccc(Cl)c2)C1c1cccc([N+](=O)[O-])c1. The molecule has 3 rings (SSSR count). The van der Waals surface area contributed by atoms with Gasteiger partial charge in [-0.25, -0.2) is 0 Å². The molecule has 2 aromatic rings. The Morgan fingerprint density at radius 2 is 1.93 bits per heavy atom. The van der Waals surface area contributed by atoms with Crippen LogP contribution in [-0.2, 0) is 16.0 Å². The molecule has 1 heterocycles. The lowest BCUT2D eigenvalue weighted by atomic mass is 9.77. The highest BCUT2D eigenvalue weighted by Crippen LogP contribution is 2.35. The van der Waals surface area contributed by atoms with Crippen LogP contribution >= 0.6 is 11.6 Å². The highest BCUT2D eigenvalue weighted by molar-refractivity contribution is 6.30. The normalized spacial score (nSPS) is 18.6. The van der Waals surface area contributed by atoms with Gasteiger partial charge in [-0.15, -0.1) is 0 Å². The van der Waals surface area contributed by atoms with Gasteiger partial charge >= 0.3 is 5.97 Å². The van der Waals surface area contributed by atoms with Crippen molar-refractivity contribution in [3.63, 3.8) is 0 Å². The quantitative estimate of drug-likeness (QED) is 0.393. The van der Waals surface area contributed by atoms with Crippen LogP contribution in [0.25, 0.3) is 0 Å². The molecule has 0 amide bonds. The fourth-order valence-corrected chi connectivity index (χ4v) is 3.73. The predicted octanol–water partition coefficient (Wildman–Crippen LogP) is 4.58. The summed E-state index contributed by atoms with van der Waals surface area (Å²) < 4.78 is 4.99. The van der Waals surface area contributed by atoms with Crippen molar-refractivity contribution < 1.29 is 14.5 Å². The molecule has 0 radical (unpaired) electrons. The molecule has 0 saturated heterocycles. The number of aryl methyl sites for hydroxylation is 1. The number of benzene rings is 2. The zero-order valence-corrected chi connectivity index (χ0v) is 16.8. The van der Waals surface area contributed by atoms with E-state index in [1.165, 1.54) is 19.2 Å². The van der Waals surface area contributed by atoms with E-state index in [0.717, 1.165) is 5.56 Å². The average Bonchev–Trinajstić information content (AvgIpc) is 2.72. The third-order valence-electron chi connectivity index (χ3n) is 4.93. The van der Waals surface area contributed by atoms with Crippen LogP contribution in [-0.4, -0.2) is 29.4 Å². The molecule has 2 atom stereocenters. The fourth-order valence-electron chi connectivity index (χ4n) is 3.52. The van der Waals surface area contributed by atoms with Crippen LogP contribution in [0.15, 0.2) is 58.7 Å². The summed E-state index contributed by atoms with van der Waals surface area (Å²) in [5, 5.41) is 20.4. The van der Waals surface area contributed by atoms with Gasteiger partial charge in [-0.3, -0.25) is 14.9 Å². The molecule has 1 aliphatic rings. The van der Waals surface area contributed by atoms with E-state index in [1.807, 2.05) is 18.2 Å². The number of nitro benzene ring substituents is 1. The third kappa shape index (κ3) is 4.68. The number of nitro groups is 1. The van der Waals surface area contributed by atoms with E-state index in [2.05, 4.69) is 10.2 Å². The zero-order chi connectivity index (χ0) is 21.0. The van der Waals surface area contributed by atoms with Gasteiger partial charge in [0.05, 0.1) is 17.7 Å². The molecular weight excluding hydrogens is 394 g/mol. The van der Waals surface area contributed by atoms with Gasteiger partial charge < -0.3 is 4.74 Å². The molecule has 2 aromatic carbocycles. The summed E-state index contributed by atoms with van der Waals surface area (Å²) >= 11 is 6.06. The molecule has 0 aromatic heterocycles. The lowest BCUT2D eigenvalue weighted by molar-refractivity contribution is -0.384. The topological polar surface area (TPSA) is 94.2 Å². The van der Waals surface area contributed by atoms with Crippen LogP contribution in [0.2, 0.25) is 5.02 Å². The zero-order valence-electron chi connectivity index (χ0n) is 16.0. The minimum atomic E-state index is -0.686. The van der Waals surface area contributed by atoms with Crippen molar-refractivity contribution in [3.8, 4) is 0 Å². The lowest BCUT2D eigenvalue weighted by Crippen LogP contribution is -2.36. The van der Waals surface area contributed by atoms with Gasteiger partial charge in [0, 0.05) is 28.8 Å². The monoisotopic (exact) mass is 413 g/mol. The van der Waals surface area contributed by atoms with Gasteiger partial charge in [0.2, 0.25) is 0 Å². The van der Waals surface area contributed by atoms with E-state index in [4.69, 9.17) is 16.3 Å². The molecule has 0 bridgehead atoms. The number of non-ortho nitro benzene ring substituents is 1. The van der Waals surface area contributed by atoms with Gasteiger partial charge in [0.1, 0.15) is 5.92 Å². The minimum absolute atomic E-state index is 0.0412. The fraction of sp³-hybridized carbons (Fsp3) is 0.286. The maximum Gasteiger partial charge on any atom is 0.315 e. The lowest BCUT2D eigenvalue weighted by Gasteiger charge is -2.29. The van der Waals surface area contributed by atoms with Crippen LogP contribution in [0.1, 0.15) is 30.4 Å². The number of rotatable bonds is 6. The van der Waals surface area contributed by atoms with E-state index in [0.29, 0.717) is 34.9 Å². The first-order valence-corrected chi connectivity index (χ1v) is 9.46. The summed E-state index contributed by atoms with van der Waals surface area (Å²) in [6.07, 6.45) is 1.17. The minimum Gasteiger partial charge on any atom is -0.468 e. The summed E-state index contributed by atoms with van der Waals surface area (Å²) in [7, 11) is 1.32. The first-order chi connectivity index (χ1) is 13.9. The number of hydrogen-bond acceptors (Lipinski definition) is 6. The first-order valence-electron chi connectivity index (χ1n) is 9.08. The molecule has 1 aliphatic heterocycles. The Labute approximate surface area is 173 Å². The van der Waals surface area contributed by atoms with Crippen LogP contribution in [0.5, 0.6) is 0 Å². The summed E-state index contributed by atoms with van der Waals surface area (Å²) in [5.74, 6) is -1.62. The molecule has 150 valence electrons. The van der Waals surface area contributed by atoms with Gasteiger partial charge in [-0.05, 0) is 43.0 Å². The number of esters is 1. The number of halogens is 1. The maximum atomic E-state index is 12.5. The Morgan fingerprint density at radius 1 is 1.17 bits per heavy atom. The average molecular weight is 414 g/mol. The second-order valence-electron chi connectivity index (χ2n) is 6.79. The number of nitrogens with zero attached hydrogens (tertiary/aromatic N) is 3. The summed E-state index contributed by atoms with van der Waals surface area (Å²) in [6.45, 7) is 1.71. The Bertz CT molecular complexity index is 1000. The molecule has 8 heteroatoms. The Morgan fingerprint density at radius 3 is 2.62 bits per heavy atom. The van der Waals surface area contributed by atoms with Crippen molar-refractivity contribution in [2.75, 3.05) is 7.11 Å². The Kier molecular flexibility index (Phi) is 6.39. The molecule has 0 N–H and O–H groups in total. The van der Waals surface area contributed by atoms with Crippen LogP contribution in [0.3, 0.4) is 0 Å². The smallest absolute Gasteiger partial charge is 0.315 e. The van der Waals surface area contributed by atoms with E-state index >= 15 is 0 Å². The highest BCUT2D eigenvalue weighted by Gasteiger charge is 2.39. The van der Waals surface area contributed by atoms with E-state index < -0.39 is 22.7 Å². The van der Waals surface area contributed by atoms with Crippen molar-refractivity contribution in [3.05, 3.63) is 74.8 Å². The van der Waals surface area contributed by atoms with Gasteiger partial charge in [0.25, 0.3) is 5.69 Å². The predicted molar refractivity (Wildman–Crippen MR) is 112 cm³/mol. The molecule has 0 aliphatic carbocycles. The van der Waals surface area contributed by atoms with Crippen LogP contribution in [0.4, 0.5) is 5.69 Å². The number of methoxy groups -OCH3 is 1. The molecular formula is C21H20ClN3O4. The van der Waals surface area contributed by atoms with Crippen molar-refractivity contribution in [2.24, 2.45) is 16.1 Å². The molecule has 29 heavy (non-hydrogen) atoms. The van der Waals surface area contributed by atoms with E-state index in [9.17, 15) is 14.9 Å². The molecule has 0 saturated carbocycles. The van der Waals surface area contributed by atoms with Gasteiger partial charge in [0.15, 0.2) is 0 Å². The van der Waals surface area contributed by atoms with E-state index in [-0.39, 0.29) is 5.69 Å². The second kappa shape index (κ2) is 8.96.